The van der Waals surface area contributed by atoms with E-state index >= 15 is 0 Å². The fourth-order valence-electron chi connectivity index (χ4n) is 2.12. The molecule has 0 saturated carbocycles. The third-order valence-corrected chi connectivity index (χ3v) is 5.03. The quantitative estimate of drug-likeness (QED) is 0.836. The van der Waals surface area contributed by atoms with Gasteiger partial charge in [0, 0.05) is 32.0 Å². The number of hydrogen-bond acceptors (Lipinski definition) is 5. The fraction of sp³-hybridized carbons (Fsp3) is 0.583. The van der Waals surface area contributed by atoms with Crippen molar-refractivity contribution in [3.05, 3.63) is 24.5 Å². The summed E-state index contributed by atoms with van der Waals surface area (Å²) in [6, 6.07) is 3.20. The number of piperidine rings is 1. The fourth-order valence-corrected chi connectivity index (χ4v) is 3.56. The van der Waals surface area contributed by atoms with Crippen molar-refractivity contribution < 1.29 is 13.2 Å². The van der Waals surface area contributed by atoms with Gasteiger partial charge >= 0.3 is 0 Å². The predicted octanol–water partition coefficient (Wildman–Crippen LogP) is 0.210. The Morgan fingerprint density at radius 3 is 2.74 bits per heavy atom. The van der Waals surface area contributed by atoms with Gasteiger partial charge in [-0.1, -0.05) is 0 Å². The molecule has 0 aliphatic carbocycles. The van der Waals surface area contributed by atoms with Crippen LogP contribution in [0.15, 0.2) is 29.4 Å². The molecule has 7 heteroatoms. The van der Waals surface area contributed by atoms with Crippen LogP contribution < -0.4 is 5.73 Å². The number of aromatic nitrogens is 1. The minimum Gasteiger partial charge on any atom is -0.377 e. The number of nitrogens with two attached hydrogens (primary N) is 1. The highest BCUT2D eigenvalue weighted by Gasteiger charge is 2.29. The topological polar surface area (TPSA) is 85.5 Å². The normalized spacial score (nSPS) is 18.6. The molecule has 0 spiro atoms. The van der Waals surface area contributed by atoms with Crippen molar-refractivity contribution in [2.24, 2.45) is 5.73 Å². The molecule has 0 aromatic carbocycles. The van der Waals surface area contributed by atoms with E-state index < -0.39 is 10.0 Å². The highest BCUT2D eigenvalue weighted by atomic mass is 32.2. The Morgan fingerprint density at radius 2 is 2.16 bits per heavy atom. The summed E-state index contributed by atoms with van der Waals surface area (Å²) in [5.41, 5.74) is 5.38. The molecule has 0 amide bonds. The first-order valence-corrected chi connectivity index (χ1v) is 7.80. The SMILES string of the molecule is NCCOC1CCN(S(=O)(=O)c2cccnc2)CC1. The summed E-state index contributed by atoms with van der Waals surface area (Å²) in [7, 11) is -3.42. The van der Waals surface area contributed by atoms with Crippen LogP contribution in [0.5, 0.6) is 0 Å². The number of nitrogens with zero attached hydrogens (tertiary/aromatic N) is 2. The first-order valence-electron chi connectivity index (χ1n) is 6.36. The van der Waals surface area contributed by atoms with Crippen molar-refractivity contribution in [1.29, 1.82) is 0 Å². The van der Waals surface area contributed by atoms with Crippen molar-refractivity contribution in [3.63, 3.8) is 0 Å². The van der Waals surface area contributed by atoms with Gasteiger partial charge in [-0.2, -0.15) is 4.31 Å². The molecule has 1 fully saturated rings. The van der Waals surface area contributed by atoms with Crippen molar-refractivity contribution >= 4 is 10.0 Å². The Labute approximate surface area is 113 Å². The van der Waals surface area contributed by atoms with Crippen LogP contribution in [-0.4, -0.2) is 50.1 Å². The van der Waals surface area contributed by atoms with Crippen LogP contribution in [0.25, 0.3) is 0 Å². The van der Waals surface area contributed by atoms with Crippen LogP contribution in [0.1, 0.15) is 12.8 Å². The van der Waals surface area contributed by atoms with E-state index in [4.69, 9.17) is 10.5 Å². The standard InChI is InChI=1S/C12H19N3O3S/c13-5-9-18-11-3-7-15(8-4-11)19(16,17)12-2-1-6-14-10-12/h1-2,6,10-11H,3-5,7-9,13H2. The molecular formula is C12H19N3O3S. The maximum Gasteiger partial charge on any atom is 0.244 e. The number of pyridine rings is 1. The summed E-state index contributed by atoms with van der Waals surface area (Å²) in [6.45, 7) is 1.98. The van der Waals surface area contributed by atoms with Gasteiger partial charge in [0.25, 0.3) is 0 Å². The second kappa shape index (κ2) is 6.42. The Kier molecular flexibility index (Phi) is 4.87. The Hall–Kier alpha value is -1.02. The smallest absolute Gasteiger partial charge is 0.244 e. The van der Waals surface area contributed by atoms with E-state index in [1.54, 1.807) is 18.3 Å². The molecule has 6 nitrogen and oxygen atoms in total. The minimum atomic E-state index is -3.42. The van der Waals surface area contributed by atoms with Gasteiger partial charge in [0.2, 0.25) is 10.0 Å². The second-order valence-corrected chi connectivity index (χ2v) is 6.39. The van der Waals surface area contributed by atoms with Gasteiger partial charge in [0.15, 0.2) is 0 Å². The molecule has 1 saturated heterocycles. The van der Waals surface area contributed by atoms with Gasteiger partial charge in [0.1, 0.15) is 4.90 Å². The molecule has 0 unspecified atom stereocenters. The Morgan fingerprint density at radius 1 is 1.42 bits per heavy atom. The van der Waals surface area contributed by atoms with E-state index in [1.807, 2.05) is 0 Å². The summed E-state index contributed by atoms with van der Waals surface area (Å²) in [6.07, 6.45) is 4.47. The van der Waals surface area contributed by atoms with Gasteiger partial charge in [-0.3, -0.25) is 4.98 Å². The van der Waals surface area contributed by atoms with Gasteiger partial charge in [-0.15, -0.1) is 0 Å². The average Bonchev–Trinajstić information content (AvgIpc) is 2.46. The molecule has 1 aliphatic rings. The maximum atomic E-state index is 12.3. The van der Waals surface area contributed by atoms with Crippen LogP contribution in [-0.2, 0) is 14.8 Å². The minimum absolute atomic E-state index is 0.115. The van der Waals surface area contributed by atoms with Gasteiger partial charge in [-0.25, -0.2) is 8.42 Å². The lowest BCUT2D eigenvalue weighted by Crippen LogP contribution is -2.41. The third kappa shape index (κ3) is 3.50. The number of sulfonamides is 1. The summed E-state index contributed by atoms with van der Waals surface area (Å²) in [5, 5.41) is 0. The zero-order valence-electron chi connectivity index (χ0n) is 10.7. The van der Waals surface area contributed by atoms with Crippen molar-refractivity contribution in [3.8, 4) is 0 Å². The summed E-state index contributed by atoms with van der Waals surface area (Å²) in [5.74, 6) is 0. The number of hydrogen-bond donors (Lipinski definition) is 1. The highest BCUT2D eigenvalue weighted by molar-refractivity contribution is 7.89. The molecule has 0 atom stereocenters. The van der Waals surface area contributed by atoms with E-state index in [1.165, 1.54) is 10.5 Å². The second-order valence-electron chi connectivity index (χ2n) is 4.45. The van der Waals surface area contributed by atoms with E-state index in [0.29, 0.717) is 39.1 Å². The molecule has 2 heterocycles. The molecule has 1 aliphatic heterocycles. The summed E-state index contributed by atoms with van der Waals surface area (Å²) < 4.78 is 31.7. The summed E-state index contributed by atoms with van der Waals surface area (Å²) >= 11 is 0. The van der Waals surface area contributed by atoms with Crippen molar-refractivity contribution in [1.82, 2.24) is 9.29 Å². The molecule has 1 aromatic rings. The molecule has 0 bridgehead atoms. The molecule has 2 rings (SSSR count). The van der Waals surface area contributed by atoms with E-state index in [9.17, 15) is 8.42 Å². The molecule has 106 valence electrons. The first kappa shape index (κ1) is 14.4. The molecule has 0 radical (unpaired) electrons. The lowest BCUT2D eigenvalue weighted by atomic mass is 10.1. The Balaban J connectivity index is 1.98. The number of ether oxygens (including phenoxy) is 1. The lowest BCUT2D eigenvalue weighted by Gasteiger charge is -2.31. The van der Waals surface area contributed by atoms with Crippen LogP contribution in [0.4, 0.5) is 0 Å². The molecule has 19 heavy (non-hydrogen) atoms. The lowest BCUT2D eigenvalue weighted by molar-refractivity contribution is 0.0257. The monoisotopic (exact) mass is 285 g/mol. The van der Waals surface area contributed by atoms with Crippen LogP contribution in [0.2, 0.25) is 0 Å². The zero-order chi connectivity index (χ0) is 13.7. The average molecular weight is 285 g/mol. The highest BCUT2D eigenvalue weighted by Crippen LogP contribution is 2.21. The van der Waals surface area contributed by atoms with Crippen LogP contribution in [0, 0.1) is 0 Å². The van der Waals surface area contributed by atoms with Crippen molar-refractivity contribution in [2.75, 3.05) is 26.2 Å². The zero-order valence-corrected chi connectivity index (χ0v) is 11.6. The number of rotatable bonds is 5. The molecular weight excluding hydrogens is 266 g/mol. The van der Waals surface area contributed by atoms with E-state index in [0.717, 1.165) is 0 Å². The van der Waals surface area contributed by atoms with E-state index in [2.05, 4.69) is 4.98 Å². The van der Waals surface area contributed by atoms with Crippen LogP contribution in [0.3, 0.4) is 0 Å². The predicted molar refractivity (Wildman–Crippen MR) is 71.0 cm³/mol. The maximum absolute atomic E-state index is 12.3. The van der Waals surface area contributed by atoms with Crippen molar-refractivity contribution in [2.45, 2.75) is 23.8 Å². The van der Waals surface area contributed by atoms with Gasteiger partial charge < -0.3 is 10.5 Å². The van der Waals surface area contributed by atoms with E-state index in [-0.39, 0.29) is 11.0 Å². The molecule has 1 aromatic heterocycles. The molecule has 2 N–H and O–H groups in total. The van der Waals surface area contributed by atoms with Gasteiger partial charge in [-0.05, 0) is 25.0 Å². The summed E-state index contributed by atoms with van der Waals surface area (Å²) in [4.78, 5) is 4.10. The largest absolute Gasteiger partial charge is 0.377 e. The third-order valence-electron chi connectivity index (χ3n) is 3.14. The van der Waals surface area contributed by atoms with Crippen LogP contribution >= 0.6 is 0 Å². The van der Waals surface area contributed by atoms with Gasteiger partial charge in [0.05, 0.1) is 12.7 Å². The first-order chi connectivity index (χ1) is 9.14. The Bertz CT molecular complexity index is 484.